The first-order valence-corrected chi connectivity index (χ1v) is 9.09. The third kappa shape index (κ3) is 3.54. The van der Waals surface area contributed by atoms with Crippen molar-refractivity contribution in [1.29, 1.82) is 0 Å². The van der Waals surface area contributed by atoms with E-state index >= 15 is 0 Å². The number of amides is 1. The van der Waals surface area contributed by atoms with Crippen LogP contribution in [0, 0.1) is 0 Å². The quantitative estimate of drug-likeness (QED) is 0.853. The van der Waals surface area contributed by atoms with Crippen LogP contribution in [0.3, 0.4) is 0 Å². The number of pyridine rings is 1. The molecule has 0 unspecified atom stereocenters. The summed E-state index contributed by atoms with van der Waals surface area (Å²) in [6.45, 7) is 1.67. The fourth-order valence-electron chi connectivity index (χ4n) is 2.58. The molecule has 0 atom stereocenters. The summed E-state index contributed by atoms with van der Waals surface area (Å²) >= 11 is 0. The number of carbonyl (C=O) groups excluding carboxylic acids is 1. The molecule has 1 fully saturated rings. The van der Waals surface area contributed by atoms with Crippen LogP contribution in [-0.4, -0.2) is 61.6 Å². The van der Waals surface area contributed by atoms with Gasteiger partial charge in [0.1, 0.15) is 5.69 Å². The van der Waals surface area contributed by atoms with Gasteiger partial charge in [0.05, 0.1) is 19.0 Å². The highest BCUT2D eigenvalue weighted by Gasteiger charge is 2.24. The molecular weight excluding hydrogens is 318 g/mol. The van der Waals surface area contributed by atoms with Crippen LogP contribution in [0.2, 0.25) is 0 Å². The molecule has 2 aromatic rings. The molecule has 3 heterocycles. The molecule has 1 amide bonds. The van der Waals surface area contributed by atoms with E-state index in [9.17, 15) is 13.2 Å². The second kappa shape index (κ2) is 6.69. The fourth-order valence-corrected chi connectivity index (χ4v) is 3.90. The van der Waals surface area contributed by atoms with E-state index in [0.29, 0.717) is 32.0 Å². The highest BCUT2D eigenvalue weighted by Crippen LogP contribution is 2.10. The van der Waals surface area contributed by atoms with Gasteiger partial charge in [-0.15, -0.1) is 0 Å². The fraction of sp³-hybridized carbons (Fsp3) is 0.400. The minimum atomic E-state index is -3.36. The van der Waals surface area contributed by atoms with Crippen LogP contribution in [0.1, 0.15) is 10.5 Å². The summed E-state index contributed by atoms with van der Waals surface area (Å²) in [7, 11) is -3.36. The Bertz CT molecular complexity index is 794. The first kappa shape index (κ1) is 16.0. The number of aromatic nitrogens is 1. The molecule has 23 heavy (non-hydrogen) atoms. The third-order valence-corrected chi connectivity index (χ3v) is 5.68. The standard InChI is InChI=1S/C15H19N3O4S/c19-15(14-5-4-13-3-1-2-7-18(13)14)16-6-12-23(20,21)17-8-10-22-11-9-17/h1-5,7H,6,8-12H2,(H,16,19). The van der Waals surface area contributed by atoms with E-state index in [4.69, 9.17) is 4.74 Å². The molecule has 8 heteroatoms. The molecule has 0 bridgehead atoms. The highest BCUT2D eigenvalue weighted by molar-refractivity contribution is 7.89. The number of nitrogens with one attached hydrogen (secondary N) is 1. The van der Waals surface area contributed by atoms with Crippen molar-refractivity contribution in [2.75, 3.05) is 38.6 Å². The lowest BCUT2D eigenvalue weighted by atomic mass is 10.4. The Balaban J connectivity index is 1.59. The Morgan fingerprint density at radius 2 is 1.96 bits per heavy atom. The predicted octanol–water partition coefficient (Wildman–Crippen LogP) is 0.331. The van der Waals surface area contributed by atoms with Crippen molar-refractivity contribution in [3.63, 3.8) is 0 Å². The Morgan fingerprint density at radius 1 is 1.17 bits per heavy atom. The smallest absolute Gasteiger partial charge is 0.268 e. The molecule has 1 aliphatic rings. The van der Waals surface area contributed by atoms with Gasteiger partial charge in [-0.05, 0) is 24.3 Å². The zero-order chi connectivity index (χ0) is 16.3. The van der Waals surface area contributed by atoms with Crippen molar-refractivity contribution in [3.05, 3.63) is 42.2 Å². The SMILES string of the molecule is O=C(NCCS(=O)(=O)N1CCOCC1)c1ccc2ccccn12. The van der Waals surface area contributed by atoms with Crippen molar-refractivity contribution >= 4 is 21.4 Å². The summed E-state index contributed by atoms with van der Waals surface area (Å²) < 4.78 is 32.7. The van der Waals surface area contributed by atoms with Crippen LogP contribution in [0.25, 0.3) is 5.52 Å². The average molecular weight is 337 g/mol. The van der Waals surface area contributed by atoms with E-state index in [1.54, 1.807) is 16.7 Å². The molecule has 0 radical (unpaired) electrons. The second-order valence-corrected chi connectivity index (χ2v) is 7.39. The lowest BCUT2D eigenvalue weighted by molar-refractivity contribution is 0.0730. The number of fused-ring (bicyclic) bond motifs is 1. The van der Waals surface area contributed by atoms with E-state index < -0.39 is 10.0 Å². The van der Waals surface area contributed by atoms with Gasteiger partial charge in [-0.2, -0.15) is 4.31 Å². The summed E-state index contributed by atoms with van der Waals surface area (Å²) in [5, 5.41) is 2.68. The van der Waals surface area contributed by atoms with Crippen LogP contribution in [0.5, 0.6) is 0 Å². The Labute approximate surface area is 134 Å². The molecule has 1 saturated heterocycles. The number of morpholine rings is 1. The van der Waals surface area contributed by atoms with Crippen LogP contribution >= 0.6 is 0 Å². The third-order valence-electron chi connectivity index (χ3n) is 3.80. The van der Waals surface area contributed by atoms with E-state index in [1.807, 2.05) is 24.3 Å². The monoisotopic (exact) mass is 337 g/mol. The number of nitrogens with zero attached hydrogens (tertiary/aromatic N) is 2. The van der Waals surface area contributed by atoms with Crippen LogP contribution in [0.15, 0.2) is 36.5 Å². The Morgan fingerprint density at radius 3 is 2.74 bits per heavy atom. The normalized spacial score (nSPS) is 16.5. The average Bonchev–Trinajstić information content (AvgIpc) is 2.99. The van der Waals surface area contributed by atoms with Gasteiger partial charge in [-0.25, -0.2) is 8.42 Å². The van der Waals surface area contributed by atoms with Crippen molar-refractivity contribution in [3.8, 4) is 0 Å². The first-order valence-electron chi connectivity index (χ1n) is 7.48. The molecule has 3 rings (SSSR count). The van der Waals surface area contributed by atoms with Gasteiger partial charge in [-0.1, -0.05) is 6.07 Å². The van der Waals surface area contributed by atoms with E-state index in [0.717, 1.165) is 5.52 Å². The molecule has 0 aliphatic carbocycles. The minimum absolute atomic E-state index is 0.0819. The molecule has 0 spiro atoms. The first-order chi connectivity index (χ1) is 11.1. The van der Waals surface area contributed by atoms with Crippen molar-refractivity contribution in [2.24, 2.45) is 0 Å². The molecule has 0 aromatic carbocycles. The number of sulfonamides is 1. The van der Waals surface area contributed by atoms with Crippen LogP contribution < -0.4 is 5.32 Å². The molecule has 1 N–H and O–H groups in total. The summed E-state index contributed by atoms with van der Waals surface area (Å²) in [6.07, 6.45) is 1.80. The summed E-state index contributed by atoms with van der Waals surface area (Å²) in [5.41, 5.74) is 1.41. The minimum Gasteiger partial charge on any atom is -0.379 e. The second-order valence-electron chi connectivity index (χ2n) is 5.30. The van der Waals surface area contributed by atoms with Gasteiger partial charge >= 0.3 is 0 Å². The lowest BCUT2D eigenvalue weighted by Gasteiger charge is -2.26. The van der Waals surface area contributed by atoms with Crippen LogP contribution in [-0.2, 0) is 14.8 Å². The van der Waals surface area contributed by atoms with Crippen molar-refractivity contribution in [2.45, 2.75) is 0 Å². The largest absolute Gasteiger partial charge is 0.379 e. The Kier molecular flexibility index (Phi) is 4.65. The number of hydrogen-bond donors (Lipinski definition) is 1. The number of carbonyl (C=O) groups is 1. The summed E-state index contributed by atoms with van der Waals surface area (Å²) in [4.78, 5) is 12.2. The van der Waals surface area contributed by atoms with Crippen molar-refractivity contribution in [1.82, 2.24) is 14.0 Å². The number of ether oxygens (including phenoxy) is 1. The zero-order valence-corrected chi connectivity index (χ0v) is 13.5. The van der Waals surface area contributed by atoms with E-state index in [2.05, 4.69) is 5.32 Å². The maximum atomic E-state index is 12.2. The van der Waals surface area contributed by atoms with Gasteiger partial charge in [0.15, 0.2) is 0 Å². The molecule has 0 saturated carbocycles. The zero-order valence-electron chi connectivity index (χ0n) is 12.6. The predicted molar refractivity (Wildman–Crippen MR) is 85.9 cm³/mol. The van der Waals surface area contributed by atoms with Gasteiger partial charge in [0, 0.05) is 31.3 Å². The highest BCUT2D eigenvalue weighted by atomic mass is 32.2. The van der Waals surface area contributed by atoms with Gasteiger partial charge in [0.25, 0.3) is 5.91 Å². The topological polar surface area (TPSA) is 80.1 Å². The summed E-state index contributed by atoms with van der Waals surface area (Å²) in [5.74, 6) is -0.393. The lowest BCUT2D eigenvalue weighted by Crippen LogP contribution is -2.43. The molecule has 7 nitrogen and oxygen atoms in total. The van der Waals surface area contributed by atoms with E-state index in [-0.39, 0.29) is 18.2 Å². The number of hydrogen-bond acceptors (Lipinski definition) is 4. The van der Waals surface area contributed by atoms with Gasteiger partial charge in [0.2, 0.25) is 10.0 Å². The van der Waals surface area contributed by atoms with E-state index in [1.165, 1.54) is 4.31 Å². The maximum absolute atomic E-state index is 12.2. The van der Waals surface area contributed by atoms with Crippen LogP contribution in [0.4, 0.5) is 0 Å². The molecular formula is C15H19N3O4S. The molecule has 124 valence electrons. The van der Waals surface area contributed by atoms with Gasteiger partial charge in [-0.3, -0.25) is 4.79 Å². The van der Waals surface area contributed by atoms with Crippen molar-refractivity contribution < 1.29 is 17.9 Å². The maximum Gasteiger partial charge on any atom is 0.268 e. The summed E-state index contributed by atoms with van der Waals surface area (Å²) in [6, 6.07) is 9.21. The Hall–Kier alpha value is -1.90. The molecule has 2 aromatic heterocycles. The van der Waals surface area contributed by atoms with Gasteiger partial charge < -0.3 is 14.5 Å². The molecule has 1 aliphatic heterocycles. The number of rotatable bonds is 5.